The zero-order valence-electron chi connectivity index (χ0n) is 13.1. The fourth-order valence-electron chi connectivity index (χ4n) is 3.43. The molecular weight excluding hydrogens is 296 g/mol. The van der Waals surface area contributed by atoms with Crippen molar-refractivity contribution in [3.63, 3.8) is 0 Å². The van der Waals surface area contributed by atoms with Crippen molar-refractivity contribution in [3.8, 4) is 0 Å². The summed E-state index contributed by atoms with van der Waals surface area (Å²) in [5, 5.41) is 12.4. The number of nitrogens with zero attached hydrogens (tertiary/aromatic N) is 6. The van der Waals surface area contributed by atoms with Crippen LogP contribution in [0, 0.1) is 0 Å². The Labute approximate surface area is 134 Å². The van der Waals surface area contributed by atoms with E-state index in [2.05, 4.69) is 22.3 Å². The van der Waals surface area contributed by atoms with Crippen molar-refractivity contribution in [1.29, 1.82) is 0 Å². The van der Waals surface area contributed by atoms with Crippen molar-refractivity contribution in [3.05, 3.63) is 29.8 Å². The predicted octanol–water partition coefficient (Wildman–Crippen LogP) is 0.871. The Morgan fingerprint density at radius 1 is 1.48 bits per heavy atom. The summed E-state index contributed by atoms with van der Waals surface area (Å²) in [5.41, 5.74) is 1.62. The van der Waals surface area contributed by atoms with Gasteiger partial charge in [0.1, 0.15) is 5.69 Å². The molecule has 23 heavy (non-hydrogen) atoms. The number of hydrogen-bond acceptors (Lipinski definition) is 5. The highest BCUT2D eigenvalue weighted by molar-refractivity contribution is 5.92. The van der Waals surface area contributed by atoms with Crippen LogP contribution < -0.4 is 0 Å². The second-order valence-electron chi connectivity index (χ2n) is 6.07. The van der Waals surface area contributed by atoms with Gasteiger partial charge in [0, 0.05) is 25.8 Å². The lowest BCUT2D eigenvalue weighted by molar-refractivity contribution is -0.0606. The minimum atomic E-state index is 0.0293. The maximum Gasteiger partial charge on any atom is 0.272 e. The molecule has 2 aromatic heterocycles. The maximum absolute atomic E-state index is 12.9. The van der Waals surface area contributed by atoms with E-state index in [1.165, 1.54) is 0 Å². The Bertz CT molecular complexity index is 708. The van der Waals surface area contributed by atoms with Crippen molar-refractivity contribution in [2.24, 2.45) is 0 Å². The molecule has 2 aromatic rings. The second kappa shape index (κ2) is 5.77. The molecule has 0 spiro atoms. The highest BCUT2D eigenvalue weighted by atomic mass is 16.5. The van der Waals surface area contributed by atoms with Gasteiger partial charge in [-0.2, -0.15) is 5.10 Å². The van der Waals surface area contributed by atoms with E-state index in [9.17, 15) is 4.79 Å². The number of fused-ring (bicyclic) bond motifs is 3. The van der Waals surface area contributed by atoms with Crippen molar-refractivity contribution in [2.45, 2.75) is 45.1 Å². The maximum atomic E-state index is 12.9. The third kappa shape index (κ3) is 2.42. The SMILES string of the molecule is CCCn1nccc1C(=O)N1CCC2OCc3cnnn3C2C1. The molecule has 2 aliphatic heterocycles. The zero-order valence-corrected chi connectivity index (χ0v) is 13.1. The largest absolute Gasteiger partial charge is 0.370 e. The van der Waals surface area contributed by atoms with E-state index in [-0.39, 0.29) is 18.1 Å². The van der Waals surface area contributed by atoms with Gasteiger partial charge < -0.3 is 9.64 Å². The monoisotopic (exact) mass is 316 g/mol. The molecule has 2 atom stereocenters. The zero-order chi connectivity index (χ0) is 15.8. The van der Waals surface area contributed by atoms with Gasteiger partial charge in [-0.05, 0) is 18.9 Å². The molecule has 0 bridgehead atoms. The minimum absolute atomic E-state index is 0.0293. The van der Waals surface area contributed by atoms with E-state index < -0.39 is 0 Å². The van der Waals surface area contributed by atoms with Crippen LogP contribution in [0.25, 0.3) is 0 Å². The summed E-state index contributed by atoms with van der Waals surface area (Å²) in [6.07, 6.45) is 5.29. The summed E-state index contributed by atoms with van der Waals surface area (Å²) in [7, 11) is 0. The van der Waals surface area contributed by atoms with Gasteiger partial charge in [-0.1, -0.05) is 12.1 Å². The smallest absolute Gasteiger partial charge is 0.272 e. The van der Waals surface area contributed by atoms with Gasteiger partial charge in [0.2, 0.25) is 0 Å². The Hall–Kier alpha value is -2.22. The molecular formula is C15H20N6O2. The van der Waals surface area contributed by atoms with Gasteiger partial charge in [-0.15, -0.1) is 5.10 Å². The van der Waals surface area contributed by atoms with Gasteiger partial charge in [0.05, 0.1) is 30.6 Å². The second-order valence-corrected chi connectivity index (χ2v) is 6.07. The predicted molar refractivity (Wildman–Crippen MR) is 80.7 cm³/mol. The Balaban J connectivity index is 1.55. The lowest BCUT2D eigenvalue weighted by Crippen LogP contribution is -2.50. The molecule has 0 saturated carbocycles. The van der Waals surface area contributed by atoms with Gasteiger partial charge in [-0.3, -0.25) is 9.48 Å². The molecule has 1 fully saturated rings. The number of aryl methyl sites for hydroxylation is 1. The minimum Gasteiger partial charge on any atom is -0.370 e. The van der Waals surface area contributed by atoms with Crippen LogP contribution in [-0.2, 0) is 17.9 Å². The van der Waals surface area contributed by atoms with Crippen LogP contribution in [-0.4, -0.2) is 54.8 Å². The summed E-state index contributed by atoms with van der Waals surface area (Å²) in [6, 6.07) is 1.84. The molecule has 0 N–H and O–H groups in total. The van der Waals surface area contributed by atoms with Crippen LogP contribution in [0.1, 0.15) is 42.0 Å². The summed E-state index contributed by atoms with van der Waals surface area (Å²) >= 11 is 0. The van der Waals surface area contributed by atoms with E-state index >= 15 is 0 Å². The average molecular weight is 316 g/mol. The number of rotatable bonds is 3. The lowest BCUT2D eigenvalue weighted by atomic mass is 10.00. The number of hydrogen-bond donors (Lipinski definition) is 0. The van der Waals surface area contributed by atoms with Crippen molar-refractivity contribution >= 4 is 5.91 Å². The number of amides is 1. The average Bonchev–Trinajstić information content (AvgIpc) is 3.23. The molecule has 8 nitrogen and oxygen atoms in total. The Morgan fingerprint density at radius 2 is 2.39 bits per heavy atom. The Morgan fingerprint density at radius 3 is 3.26 bits per heavy atom. The van der Waals surface area contributed by atoms with Gasteiger partial charge in [0.25, 0.3) is 5.91 Å². The first-order valence-electron chi connectivity index (χ1n) is 8.09. The third-order valence-electron chi connectivity index (χ3n) is 4.59. The normalized spacial score (nSPS) is 23.4. The van der Waals surface area contributed by atoms with E-state index in [0.717, 1.165) is 25.1 Å². The number of carbonyl (C=O) groups is 1. The fourth-order valence-corrected chi connectivity index (χ4v) is 3.43. The number of likely N-dealkylation sites (tertiary alicyclic amines) is 1. The summed E-state index contributed by atoms with van der Waals surface area (Å²) in [6.45, 7) is 4.67. The highest BCUT2D eigenvalue weighted by Gasteiger charge is 2.38. The first-order chi connectivity index (χ1) is 11.3. The molecule has 1 amide bonds. The Kier molecular flexibility index (Phi) is 3.60. The molecule has 4 heterocycles. The molecule has 0 aromatic carbocycles. The van der Waals surface area contributed by atoms with Crippen LogP contribution >= 0.6 is 0 Å². The first kappa shape index (κ1) is 14.4. The lowest BCUT2D eigenvalue weighted by Gasteiger charge is -2.40. The van der Waals surface area contributed by atoms with Gasteiger partial charge >= 0.3 is 0 Å². The molecule has 2 unspecified atom stereocenters. The molecule has 8 heteroatoms. The number of carbonyl (C=O) groups excluding carboxylic acids is 1. The summed E-state index contributed by atoms with van der Waals surface area (Å²) in [4.78, 5) is 14.7. The standard InChI is InChI=1S/C15H20N6O2/c1-2-6-20-12(3-5-17-20)15(22)19-7-4-14-13(9-19)21-11(10-23-14)8-16-18-21/h3,5,8,13-14H,2,4,6-7,9-10H2,1H3. The van der Waals surface area contributed by atoms with Crippen LogP contribution in [0.3, 0.4) is 0 Å². The number of ether oxygens (including phenoxy) is 1. The molecule has 122 valence electrons. The molecule has 0 radical (unpaired) electrons. The summed E-state index contributed by atoms with van der Waals surface area (Å²) in [5.74, 6) is 0.0293. The number of piperidine rings is 1. The molecule has 0 aliphatic carbocycles. The number of aromatic nitrogens is 5. The molecule has 1 saturated heterocycles. The van der Waals surface area contributed by atoms with Crippen molar-refractivity contribution in [1.82, 2.24) is 29.7 Å². The van der Waals surface area contributed by atoms with Crippen LogP contribution in [0.4, 0.5) is 0 Å². The molecule has 2 aliphatic rings. The van der Waals surface area contributed by atoms with Crippen LogP contribution in [0.5, 0.6) is 0 Å². The van der Waals surface area contributed by atoms with Crippen molar-refractivity contribution < 1.29 is 9.53 Å². The van der Waals surface area contributed by atoms with Gasteiger partial charge in [0.15, 0.2) is 0 Å². The highest BCUT2D eigenvalue weighted by Crippen LogP contribution is 2.30. The summed E-state index contributed by atoms with van der Waals surface area (Å²) < 4.78 is 9.59. The quantitative estimate of drug-likeness (QED) is 0.839. The van der Waals surface area contributed by atoms with E-state index in [1.807, 2.05) is 9.58 Å². The van der Waals surface area contributed by atoms with Crippen molar-refractivity contribution in [2.75, 3.05) is 13.1 Å². The van der Waals surface area contributed by atoms with E-state index in [0.29, 0.717) is 25.4 Å². The van der Waals surface area contributed by atoms with Crippen LogP contribution in [0.15, 0.2) is 18.5 Å². The van der Waals surface area contributed by atoms with E-state index in [4.69, 9.17) is 4.74 Å². The molecule has 4 rings (SSSR count). The van der Waals surface area contributed by atoms with Gasteiger partial charge in [-0.25, -0.2) is 4.68 Å². The third-order valence-corrected chi connectivity index (χ3v) is 4.59. The topological polar surface area (TPSA) is 78.1 Å². The first-order valence-corrected chi connectivity index (χ1v) is 8.09. The fraction of sp³-hybridized carbons (Fsp3) is 0.600. The van der Waals surface area contributed by atoms with Crippen LogP contribution in [0.2, 0.25) is 0 Å². The van der Waals surface area contributed by atoms with E-state index in [1.54, 1.807) is 23.1 Å².